The number of rotatable bonds is 9. The smallest absolute Gasteiger partial charge is 0.408 e. The summed E-state index contributed by atoms with van der Waals surface area (Å²) in [6.07, 6.45) is -0.796. The van der Waals surface area contributed by atoms with Gasteiger partial charge in [-0.3, -0.25) is 14.4 Å². The van der Waals surface area contributed by atoms with Crippen LogP contribution in [0.15, 0.2) is 75.7 Å². The van der Waals surface area contributed by atoms with E-state index < -0.39 is 29.9 Å². The molecule has 0 unspecified atom stereocenters. The fourth-order valence-electron chi connectivity index (χ4n) is 3.31. The van der Waals surface area contributed by atoms with E-state index in [0.717, 1.165) is 10.0 Å². The highest BCUT2D eigenvalue weighted by atomic mass is 79.9. The first-order valence-electron chi connectivity index (χ1n) is 11.4. The van der Waals surface area contributed by atoms with Crippen molar-refractivity contribution >= 4 is 67.1 Å². The van der Waals surface area contributed by atoms with Crippen LogP contribution < -0.4 is 16.0 Å². The Balaban J connectivity index is 1.69. The van der Waals surface area contributed by atoms with Crippen LogP contribution in [0.25, 0.3) is 0 Å². The SMILES string of the molecule is COC(=O)Cc1cc(Br)ccc1NC(=O)c1cc(Br)ccc1NC(=O)[C@H](C)NC(=O)OCc1ccccc1. The minimum absolute atomic E-state index is 0.0445. The molecule has 0 aliphatic carbocycles. The molecule has 0 aromatic heterocycles. The highest BCUT2D eigenvalue weighted by molar-refractivity contribution is 9.10. The molecule has 0 saturated carbocycles. The fraction of sp³-hybridized carbons (Fsp3) is 0.185. The van der Waals surface area contributed by atoms with Crippen molar-refractivity contribution in [2.75, 3.05) is 17.7 Å². The third kappa shape index (κ3) is 8.42. The Morgan fingerprint density at radius 2 is 1.53 bits per heavy atom. The van der Waals surface area contributed by atoms with Crippen LogP contribution in [-0.2, 0) is 32.1 Å². The van der Waals surface area contributed by atoms with E-state index in [1.54, 1.807) is 36.4 Å². The second kappa shape index (κ2) is 13.7. The van der Waals surface area contributed by atoms with Gasteiger partial charge < -0.3 is 25.4 Å². The van der Waals surface area contributed by atoms with Gasteiger partial charge in [0.25, 0.3) is 5.91 Å². The molecule has 0 bridgehead atoms. The fourth-order valence-corrected chi connectivity index (χ4v) is 4.08. The van der Waals surface area contributed by atoms with Crippen LogP contribution in [0.1, 0.15) is 28.4 Å². The quantitative estimate of drug-likeness (QED) is 0.266. The highest BCUT2D eigenvalue weighted by Crippen LogP contribution is 2.26. The number of esters is 1. The first-order chi connectivity index (χ1) is 18.2. The molecule has 0 radical (unpaired) electrons. The number of alkyl carbamates (subject to hydrolysis) is 1. The van der Waals surface area contributed by atoms with Crippen molar-refractivity contribution in [3.05, 3.63) is 92.4 Å². The molecule has 3 amide bonds. The van der Waals surface area contributed by atoms with Crippen molar-refractivity contribution < 1.29 is 28.7 Å². The van der Waals surface area contributed by atoms with E-state index in [2.05, 4.69) is 47.8 Å². The van der Waals surface area contributed by atoms with Gasteiger partial charge >= 0.3 is 12.1 Å². The number of anilines is 2. The van der Waals surface area contributed by atoms with E-state index >= 15 is 0 Å². The molecule has 0 fully saturated rings. The van der Waals surface area contributed by atoms with Gasteiger partial charge in [-0.1, -0.05) is 62.2 Å². The summed E-state index contributed by atoms with van der Waals surface area (Å²) in [5, 5.41) is 7.94. The second-order valence-corrected chi connectivity index (χ2v) is 9.95. The Morgan fingerprint density at radius 1 is 0.868 bits per heavy atom. The summed E-state index contributed by atoms with van der Waals surface area (Å²) in [6.45, 7) is 1.56. The zero-order valence-electron chi connectivity index (χ0n) is 20.5. The van der Waals surface area contributed by atoms with Gasteiger partial charge in [0.05, 0.1) is 24.8 Å². The first kappa shape index (κ1) is 28.9. The Bertz CT molecular complexity index is 1330. The van der Waals surface area contributed by atoms with Crippen LogP contribution in [0.2, 0.25) is 0 Å². The van der Waals surface area contributed by atoms with Gasteiger partial charge in [0.15, 0.2) is 0 Å². The molecule has 0 aliphatic rings. The van der Waals surface area contributed by atoms with E-state index in [4.69, 9.17) is 9.47 Å². The van der Waals surface area contributed by atoms with E-state index in [9.17, 15) is 19.2 Å². The van der Waals surface area contributed by atoms with Gasteiger partial charge in [-0.15, -0.1) is 0 Å². The summed E-state index contributed by atoms with van der Waals surface area (Å²) in [5.41, 5.74) is 2.17. The Labute approximate surface area is 236 Å². The molecule has 3 aromatic carbocycles. The molecule has 3 aromatic rings. The van der Waals surface area contributed by atoms with Crippen molar-refractivity contribution in [1.29, 1.82) is 0 Å². The summed E-state index contributed by atoms with van der Waals surface area (Å²) < 4.78 is 11.2. The average molecular weight is 647 g/mol. The lowest BCUT2D eigenvalue weighted by Crippen LogP contribution is -2.42. The van der Waals surface area contributed by atoms with Crippen LogP contribution >= 0.6 is 31.9 Å². The van der Waals surface area contributed by atoms with Crippen molar-refractivity contribution in [3.8, 4) is 0 Å². The summed E-state index contributed by atoms with van der Waals surface area (Å²) >= 11 is 6.71. The van der Waals surface area contributed by atoms with E-state index in [1.807, 2.05) is 30.3 Å². The standard InChI is InChI=1S/C27H25Br2N3O6/c1-16(30-27(36)38-15-17-6-4-3-5-7-17)25(34)32-23-11-9-20(29)14-21(23)26(35)31-22-10-8-19(28)12-18(22)13-24(33)37-2/h3-12,14,16H,13,15H2,1-2H3,(H,30,36)(H,31,35)(H,32,34)/t16-/m0/s1. The number of nitrogens with one attached hydrogen (secondary N) is 3. The topological polar surface area (TPSA) is 123 Å². The molecule has 3 N–H and O–H groups in total. The molecule has 0 spiro atoms. The number of hydrogen-bond acceptors (Lipinski definition) is 6. The van der Waals surface area contributed by atoms with Crippen LogP contribution in [0.5, 0.6) is 0 Å². The molecule has 9 nitrogen and oxygen atoms in total. The molecular weight excluding hydrogens is 622 g/mol. The highest BCUT2D eigenvalue weighted by Gasteiger charge is 2.21. The molecular formula is C27H25Br2N3O6. The maximum atomic E-state index is 13.2. The summed E-state index contributed by atoms with van der Waals surface area (Å²) in [6, 6.07) is 18.1. The number of halogens is 2. The molecule has 38 heavy (non-hydrogen) atoms. The Morgan fingerprint density at radius 3 is 2.21 bits per heavy atom. The summed E-state index contributed by atoms with van der Waals surface area (Å²) in [7, 11) is 1.29. The predicted molar refractivity (Wildman–Crippen MR) is 150 cm³/mol. The maximum absolute atomic E-state index is 13.2. The van der Waals surface area contributed by atoms with E-state index in [0.29, 0.717) is 15.7 Å². The number of carbonyl (C=O) groups excluding carboxylic acids is 4. The number of hydrogen-bond donors (Lipinski definition) is 3. The van der Waals surface area contributed by atoms with Crippen LogP contribution in [0.4, 0.5) is 16.2 Å². The van der Waals surface area contributed by atoms with Gasteiger partial charge in [0.2, 0.25) is 5.91 Å². The van der Waals surface area contributed by atoms with Gasteiger partial charge in [0.1, 0.15) is 12.6 Å². The van der Waals surface area contributed by atoms with Gasteiger partial charge in [-0.25, -0.2) is 4.79 Å². The number of methoxy groups -OCH3 is 1. The second-order valence-electron chi connectivity index (χ2n) is 8.12. The third-order valence-electron chi connectivity index (χ3n) is 5.30. The Kier molecular flexibility index (Phi) is 10.4. The normalized spacial score (nSPS) is 11.2. The zero-order chi connectivity index (χ0) is 27.7. The minimum Gasteiger partial charge on any atom is -0.469 e. The number of benzene rings is 3. The lowest BCUT2D eigenvalue weighted by Gasteiger charge is -2.17. The number of amides is 3. The van der Waals surface area contributed by atoms with E-state index in [1.165, 1.54) is 14.0 Å². The zero-order valence-corrected chi connectivity index (χ0v) is 23.7. The molecule has 11 heteroatoms. The maximum Gasteiger partial charge on any atom is 0.408 e. The van der Waals surface area contributed by atoms with Crippen molar-refractivity contribution in [1.82, 2.24) is 5.32 Å². The first-order valence-corrected chi connectivity index (χ1v) is 13.0. The van der Waals surface area contributed by atoms with E-state index in [-0.39, 0.29) is 24.3 Å². The average Bonchev–Trinajstić information content (AvgIpc) is 2.90. The monoisotopic (exact) mass is 645 g/mol. The molecule has 198 valence electrons. The molecule has 0 saturated heterocycles. The Hall–Kier alpha value is -3.70. The number of carbonyl (C=O) groups is 4. The van der Waals surface area contributed by atoms with Gasteiger partial charge in [0, 0.05) is 14.6 Å². The largest absolute Gasteiger partial charge is 0.469 e. The van der Waals surface area contributed by atoms with Crippen LogP contribution in [0, 0.1) is 0 Å². The van der Waals surface area contributed by atoms with Gasteiger partial charge in [-0.05, 0) is 54.4 Å². The van der Waals surface area contributed by atoms with Crippen molar-refractivity contribution in [2.24, 2.45) is 0 Å². The van der Waals surface area contributed by atoms with Crippen molar-refractivity contribution in [2.45, 2.75) is 26.0 Å². The molecule has 0 aliphatic heterocycles. The third-order valence-corrected chi connectivity index (χ3v) is 6.29. The summed E-state index contributed by atoms with van der Waals surface area (Å²) in [4.78, 5) is 50.0. The van der Waals surface area contributed by atoms with Gasteiger partial charge in [-0.2, -0.15) is 0 Å². The van der Waals surface area contributed by atoms with Crippen LogP contribution in [-0.4, -0.2) is 37.0 Å². The summed E-state index contributed by atoms with van der Waals surface area (Å²) in [5.74, 6) is -1.52. The molecule has 3 rings (SSSR count). The molecule has 0 heterocycles. The lowest BCUT2D eigenvalue weighted by atomic mass is 10.1. The van der Waals surface area contributed by atoms with Crippen LogP contribution in [0.3, 0.4) is 0 Å². The molecule has 1 atom stereocenters. The minimum atomic E-state index is -0.948. The predicted octanol–water partition coefficient (Wildman–Crippen LogP) is 5.43. The van der Waals surface area contributed by atoms with Crippen molar-refractivity contribution in [3.63, 3.8) is 0 Å². The number of ether oxygens (including phenoxy) is 2. The lowest BCUT2D eigenvalue weighted by molar-refractivity contribution is -0.139.